The van der Waals surface area contributed by atoms with Crippen molar-refractivity contribution in [2.45, 2.75) is 60.7 Å². The van der Waals surface area contributed by atoms with Crippen LogP contribution in [0.15, 0.2) is 0 Å². The Bertz CT molecular complexity index is 548. The van der Waals surface area contributed by atoms with E-state index in [-0.39, 0.29) is 0 Å². The molecule has 19 heteroatoms. The molecule has 0 aromatic rings. The van der Waals surface area contributed by atoms with Crippen LogP contribution in [-0.2, 0) is 0 Å². The molecule has 0 spiro atoms. The van der Waals surface area contributed by atoms with E-state index < -0.39 is 84.0 Å². The van der Waals surface area contributed by atoms with Crippen molar-refractivity contribution in [3.63, 3.8) is 0 Å². The first-order valence-corrected chi connectivity index (χ1v) is 8.34. The molecule has 31 heavy (non-hydrogen) atoms. The summed E-state index contributed by atoms with van der Waals surface area (Å²) in [5, 5.41) is 0. The number of halogens is 18. The van der Waals surface area contributed by atoms with Crippen molar-refractivity contribution in [1.82, 2.24) is 0 Å². The predicted molar refractivity (Wildman–Crippen MR) is 68.4 cm³/mol. The molecule has 0 heterocycles. The zero-order chi connectivity index (χ0) is 25.5. The summed E-state index contributed by atoms with van der Waals surface area (Å²) >= 11 is -0.504. The van der Waals surface area contributed by atoms with E-state index in [1.807, 2.05) is 0 Å². The van der Waals surface area contributed by atoms with Gasteiger partial charge in [0.25, 0.3) is 0 Å². The van der Waals surface area contributed by atoms with Crippen molar-refractivity contribution in [2.75, 3.05) is 11.5 Å². The van der Waals surface area contributed by atoms with Gasteiger partial charge in [-0.05, 0) is 11.5 Å². The lowest BCUT2D eigenvalue weighted by molar-refractivity contribution is -0.396. The topological polar surface area (TPSA) is 0 Å². The second-order valence-electron chi connectivity index (χ2n) is 5.81. The summed E-state index contributed by atoms with van der Waals surface area (Å²) < 4.78 is 226. The molecule has 0 saturated heterocycles. The van der Waals surface area contributed by atoms with Gasteiger partial charge in [-0.1, -0.05) is 0 Å². The maximum atomic E-state index is 13.1. The fraction of sp³-hybridized carbons (Fsp3) is 1.00. The van der Waals surface area contributed by atoms with Crippen LogP contribution < -0.4 is 0 Å². The second-order valence-corrected chi connectivity index (χ2v) is 7.04. The number of hydrogen-bond donors (Lipinski definition) is 0. The Morgan fingerprint density at radius 1 is 0.355 bits per heavy atom. The molecule has 188 valence electrons. The summed E-state index contributed by atoms with van der Waals surface area (Å²) in [6.07, 6.45) is -19.3. The first-order valence-electron chi connectivity index (χ1n) is 7.19. The lowest BCUT2D eigenvalue weighted by Gasteiger charge is -2.34. The van der Waals surface area contributed by atoms with Crippen molar-refractivity contribution in [3.8, 4) is 0 Å². The van der Waals surface area contributed by atoms with Gasteiger partial charge in [-0.25, -0.2) is 0 Å². The molecule has 0 aliphatic heterocycles. The normalized spacial score (nSPS) is 16.1. The fourth-order valence-electron chi connectivity index (χ4n) is 1.63. The Balaban J connectivity index is 5.10. The molecule has 0 bridgehead atoms. The van der Waals surface area contributed by atoms with Crippen LogP contribution in [0, 0.1) is 0 Å². The van der Waals surface area contributed by atoms with E-state index in [4.69, 9.17) is 0 Å². The van der Waals surface area contributed by atoms with Gasteiger partial charge in [-0.3, -0.25) is 0 Å². The Morgan fingerprint density at radius 3 is 0.774 bits per heavy atom. The molecule has 0 fully saturated rings. The average Bonchev–Trinajstić information content (AvgIpc) is 2.51. The van der Waals surface area contributed by atoms with Gasteiger partial charge in [-0.15, -0.1) is 0 Å². The van der Waals surface area contributed by atoms with Gasteiger partial charge >= 0.3 is 47.9 Å². The van der Waals surface area contributed by atoms with E-state index in [2.05, 4.69) is 0 Å². The average molecular weight is 526 g/mol. The van der Waals surface area contributed by atoms with Crippen LogP contribution >= 0.6 is 11.8 Å². The quantitative estimate of drug-likeness (QED) is 0.211. The van der Waals surface area contributed by atoms with Crippen LogP contribution in [0.5, 0.6) is 0 Å². The van der Waals surface area contributed by atoms with Crippen molar-refractivity contribution < 1.29 is 79.0 Å². The molecule has 0 unspecified atom stereocenters. The van der Waals surface area contributed by atoms with Crippen molar-refractivity contribution >= 4 is 11.8 Å². The van der Waals surface area contributed by atoms with Crippen molar-refractivity contribution in [1.29, 1.82) is 0 Å². The molecular weight excluding hydrogens is 518 g/mol. The zero-order valence-electron chi connectivity index (χ0n) is 14.0. The lowest BCUT2D eigenvalue weighted by Crippen LogP contribution is -2.61. The van der Waals surface area contributed by atoms with E-state index in [1.54, 1.807) is 0 Å². The summed E-state index contributed by atoms with van der Waals surface area (Å²) in [7, 11) is 0. The Morgan fingerprint density at radius 2 is 0.581 bits per heavy atom. The minimum atomic E-state index is -7.23. The van der Waals surface area contributed by atoms with Crippen LogP contribution in [0.3, 0.4) is 0 Å². The van der Waals surface area contributed by atoms with Gasteiger partial charge in [0.2, 0.25) is 0 Å². The van der Waals surface area contributed by atoms with E-state index in [9.17, 15) is 79.0 Å². The highest BCUT2D eigenvalue weighted by atomic mass is 32.2. The van der Waals surface area contributed by atoms with Crippen molar-refractivity contribution in [2.24, 2.45) is 0 Å². The third-order valence-electron chi connectivity index (χ3n) is 3.54. The number of alkyl halides is 18. The van der Waals surface area contributed by atoms with Crippen molar-refractivity contribution in [3.05, 3.63) is 0 Å². The Kier molecular flexibility index (Phi) is 8.21. The molecular formula is C12H8F18S. The minimum absolute atomic E-state index is 0.504. The standard InChI is InChI=1S/C12H8F18S/c13-5(14,7(17,18)9(21,22)11(25,26)27)1-3-31-4-2-6(15,16)8(19,20)10(23,24)12(28,29)30/h1-4H2. The van der Waals surface area contributed by atoms with Gasteiger partial charge < -0.3 is 0 Å². The molecule has 0 amide bonds. The maximum Gasteiger partial charge on any atom is 0.460 e. The molecule has 0 nitrogen and oxygen atoms in total. The molecule has 0 radical (unpaired) electrons. The molecule has 0 aliphatic rings. The van der Waals surface area contributed by atoms with Crippen LogP contribution in [0.2, 0.25) is 0 Å². The molecule has 0 N–H and O–H groups in total. The molecule has 0 rings (SSSR count). The predicted octanol–water partition coefficient (Wildman–Crippen LogP) is 7.44. The van der Waals surface area contributed by atoms with Crippen LogP contribution in [0.25, 0.3) is 0 Å². The summed E-state index contributed by atoms with van der Waals surface area (Å²) in [6, 6.07) is 0. The molecule has 0 aromatic carbocycles. The third-order valence-corrected chi connectivity index (χ3v) is 4.53. The van der Waals surface area contributed by atoms with Gasteiger partial charge in [-0.2, -0.15) is 90.8 Å². The number of thioether (sulfide) groups is 1. The Hall–Kier alpha value is -0.910. The first kappa shape index (κ1) is 30.1. The highest BCUT2D eigenvalue weighted by Crippen LogP contribution is 2.55. The van der Waals surface area contributed by atoms with Gasteiger partial charge in [0.1, 0.15) is 0 Å². The SMILES string of the molecule is FC(F)(F)C(F)(F)C(F)(F)C(F)(F)CCSCCC(F)(F)C(F)(F)C(F)(F)C(F)(F)F. The Labute approximate surface area is 164 Å². The summed E-state index contributed by atoms with van der Waals surface area (Å²) in [5.74, 6) is -44.0. The highest BCUT2D eigenvalue weighted by Gasteiger charge is 2.82. The van der Waals surface area contributed by atoms with Gasteiger partial charge in [0.15, 0.2) is 0 Å². The highest BCUT2D eigenvalue weighted by molar-refractivity contribution is 7.99. The first-order chi connectivity index (χ1) is 13.2. The molecule has 0 aromatic heterocycles. The number of rotatable bonds is 10. The third kappa shape index (κ3) is 5.36. The van der Waals surface area contributed by atoms with Gasteiger partial charge in [0, 0.05) is 12.8 Å². The number of hydrogen-bond acceptors (Lipinski definition) is 1. The van der Waals surface area contributed by atoms with Crippen LogP contribution in [-0.4, -0.2) is 59.4 Å². The van der Waals surface area contributed by atoms with Gasteiger partial charge in [0.05, 0.1) is 0 Å². The van der Waals surface area contributed by atoms with E-state index >= 15 is 0 Å². The summed E-state index contributed by atoms with van der Waals surface area (Å²) in [4.78, 5) is 0. The van der Waals surface area contributed by atoms with Crippen LogP contribution in [0.4, 0.5) is 79.0 Å². The lowest BCUT2D eigenvalue weighted by atomic mass is 10.0. The second kappa shape index (κ2) is 8.46. The smallest absolute Gasteiger partial charge is 0.200 e. The molecule has 0 aliphatic carbocycles. The van der Waals surface area contributed by atoms with E-state index in [0.717, 1.165) is 0 Å². The zero-order valence-corrected chi connectivity index (χ0v) is 14.9. The van der Waals surface area contributed by atoms with Crippen LogP contribution in [0.1, 0.15) is 12.8 Å². The van der Waals surface area contributed by atoms with E-state index in [1.165, 1.54) is 0 Å². The monoisotopic (exact) mass is 526 g/mol. The molecule has 0 atom stereocenters. The molecule has 0 saturated carbocycles. The maximum absolute atomic E-state index is 13.1. The largest absolute Gasteiger partial charge is 0.460 e. The van der Waals surface area contributed by atoms with E-state index in [0.29, 0.717) is 0 Å². The summed E-state index contributed by atoms with van der Waals surface area (Å²) in [5.41, 5.74) is 0. The minimum Gasteiger partial charge on any atom is -0.200 e. The fourth-order valence-corrected chi connectivity index (χ4v) is 2.64. The summed E-state index contributed by atoms with van der Waals surface area (Å²) in [6.45, 7) is 0.